The Balaban J connectivity index is 1.27. The SMILES string of the molecule is CC(C)(C)c1ccc(N2B3c4c(cc(C(C)(C)C)cc4-n4c5cc6c7cc(C(C)(C)C)ccc7n(-c7ccc(C(C)(C)C)cc7)c6cc5c5cc(C(C)(C)C)cc3c54)C3=C2C(C)(C)c2ccc(C(C)(C)C)cc23)cc1. The summed E-state index contributed by atoms with van der Waals surface area (Å²) >= 11 is 0. The van der Waals surface area contributed by atoms with Crippen LogP contribution < -0.4 is 15.7 Å². The van der Waals surface area contributed by atoms with Crippen LogP contribution in [0.15, 0.2) is 127 Å². The Bertz CT molecular complexity index is 3930. The van der Waals surface area contributed by atoms with Crippen molar-refractivity contribution < 1.29 is 0 Å². The van der Waals surface area contributed by atoms with Crippen LogP contribution in [0, 0.1) is 0 Å². The van der Waals surface area contributed by atoms with E-state index in [4.69, 9.17) is 0 Å². The van der Waals surface area contributed by atoms with E-state index in [9.17, 15) is 0 Å². The molecule has 0 radical (unpaired) electrons. The first-order valence-corrected chi connectivity index (χ1v) is 28.0. The van der Waals surface area contributed by atoms with E-state index in [2.05, 4.69) is 274 Å². The highest BCUT2D eigenvalue weighted by Gasteiger charge is 2.53. The molecule has 0 saturated carbocycles. The normalized spacial score (nSPS) is 15.7. The van der Waals surface area contributed by atoms with Crippen LogP contribution in [0.2, 0.25) is 0 Å². The maximum atomic E-state index is 2.82. The first kappa shape index (κ1) is 49.6. The van der Waals surface area contributed by atoms with Gasteiger partial charge in [0.2, 0.25) is 0 Å². The lowest BCUT2D eigenvalue weighted by Crippen LogP contribution is -2.64. The Morgan fingerprint density at radius 2 is 0.813 bits per heavy atom. The van der Waals surface area contributed by atoms with Gasteiger partial charge in [0, 0.05) is 55.3 Å². The molecular weight excluding hydrogens is 906 g/mol. The average Bonchev–Trinajstić information content (AvgIpc) is 3.95. The average molecular weight is 986 g/mol. The molecule has 0 amide bonds. The van der Waals surface area contributed by atoms with E-state index >= 15 is 0 Å². The van der Waals surface area contributed by atoms with Gasteiger partial charge in [-0.05, 0) is 154 Å². The molecule has 0 N–H and O–H groups in total. The van der Waals surface area contributed by atoms with E-state index in [0.717, 1.165) is 0 Å². The Labute approximate surface area is 449 Å². The molecule has 4 heteroatoms. The Morgan fingerprint density at radius 3 is 1.37 bits per heavy atom. The Kier molecular flexibility index (Phi) is 10.2. The van der Waals surface area contributed by atoms with Crippen LogP contribution in [-0.2, 0) is 37.9 Å². The minimum absolute atomic E-state index is 0.00914. The summed E-state index contributed by atoms with van der Waals surface area (Å²) in [6.45, 7) is 47.3. The molecular formula is C71H80BN3. The van der Waals surface area contributed by atoms with Crippen LogP contribution in [0.3, 0.4) is 0 Å². The van der Waals surface area contributed by atoms with Gasteiger partial charge in [0.25, 0.3) is 0 Å². The molecule has 2 aliphatic heterocycles. The number of rotatable bonds is 2. The van der Waals surface area contributed by atoms with Crippen molar-refractivity contribution in [2.75, 3.05) is 4.81 Å². The molecule has 0 fully saturated rings. The van der Waals surface area contributed by atoms with Crippen molar-refractivity contribution in [3.05, 3.63) is 177 Å². The fraction of sp³-hybridized carbons (Fsp3) is 0.380. The van der Waals surface area contributed by atoms with E-state index < -0.39 is 0 Å². The smallest absolute Gasteiger partial charge is 0.332 e. The maximum absolute atomic E-state index is 2.82. The Morgan fingerprint density at radius 1 is 0.373 bits per heavy atom. The second-order valence-electron chi connectivity index (χ2n) is 29.7. The number of anilines is 1. The fourth-order valence-corrected chi connectivity index (χ4v) is 13.2. The number of hydrogen-bond donors (Lipinski definition) is 0. The number of aromatic nitrogens is 2. The maximum Gasteiger partial charge on any atom is 0.332 e. The first-order valence-electron chi connectivity index (χ1n) is 28.0. The van der Waals surface area contributed by atoms with Gasteiger partial charge in [0.15, 0.2) is 0 Å². The quantitative estimate of drug-likeness (QED) is 0.157. The summed E-state index contributed by atoms with van der Waals surface area (Å²) in [5.41, 5.74) is 26.2. The van der Waals surface area contributed by atoms with E-state index in [0.29, 0.717) is 0 Å². The highest BCUT2D eigenvalue weighted by Crippen LogP contribution is 2.55. The van der Waals surface area contributed by atoms with Crippen molar-refractivity contribution in [1.82, 2.24) is 9.13 Å². The molecule has 0 bridgehead atoms. The summed E-state index contributed by atoms with van der Waals surface area (Å²) in [6, 6.07) is 49.2. The summed E-state index contributed by atoms with van der Waals surface area (Å²) in [5, 5.41) is 5.21. The zero-order valence-corrected chi connectivity index (χ0v) is 49.0. The minimum Gasteiger partial charge on any atom is -0.379 e. The number of fused-ring (bicyclic) bond motifs is 11. The third-order valence-electron chi connectivity index (χ3n) is 17.8. The summed E-state index contributed by atoms with van der Waals surface area (Å²) in [7, 11) is 0. The van der Waals surface area contributed by atoms with Crippen LogP contribution >= 0.6 is 0 Å². The molecule has 0 atom stereocenters. The van der Waals surface area contributed by atoms with Gasteiger partial charge in [-0.25, -0.2) is 0 Å². The summed E-state index contributed by atoms with van der Waals surface area (Å²) in [5.74, 6) is 0. The van der Waals surface area contributed by atoms with Gasteiger partial charge in [-0.15, -0.1) is 0 Å². The largest absolute Gasteiger partial charge is 0.379 e. The summed E-state index contributed by atoms with van der Waals surface area (Å²) in [4.78, 5) is 2.82. The van der Waals surface area contributed by atoms with Crippen molar-refractivity contribution >= 4 is 72.6 Å². The van der Waals surface area contributed by atoms with Crippen molar-refractivity contribution in [1.29, 1.82) is 0 Å². The Hall–Kier alpha value is -6.26. The third-order valence-corrected chi connectivity index (χ3v) is 17.8. The van der Waals surface area contributed by atoms with Crippen LogP contribution in [0.5, 0.6) is 0 Å². The van der Waals surface area contributed by atoms with E-state index in [1.807, 2.05) is 0 Å². The molecule has 0 unspecified atom stereocenters. The van der Waals surface area contributed by atoms with Gasteiger partial charge in [-0.3, -0.25) is 0 Å². The molecule has 7 aromatic carbocycles. The first-order chi connectivity index (χ1) is 34.7. The van der Waals surface area contributed by atoms with Gasteiger partial charge >= 0.3 is 6.85 Å². The molecule has 4 heterocycles. The van der Waals surface area contributed by atoms with Gasteiger partial charge in [0.1, 0.15) is 0 Å². The van der Waals surface area contributed by atoms with Crippen molar-refractivity contribution in [3.8, 4) is 11.4 Å². The standard InChI is InChI=1S/C71H80BN3/c1-65(2,3)41-21-27-47(28-22-41)73-57-32-26-44(68(10,11)12)33-49(57)50-39-59-51(40-58(50)73)52-35-45(69(13,14)15)37-56-63(52)74(59)60-38-46(70(16,17)18)36-54-61-53-34-43(67(7,8)9)25-31-55(53)71(19,20)64(61)75(72(56)62(54)60)48-29-23-42(24-30-48)66(4,5)6/h21-40H,1-20H3. The molecule has 12 rings (SSSR count). The van der Waals surface area contributed by atoms with Gasteiger partial charge < -0.3 is 13.9 Å². The molecule has 382 valence electrons. The second-order valence-corrected chi connectivity index (χ2v) is 29.7. The summed E-state index contributed by atoms with van der Waals surface area (Å²) < 4.78 is 5.27. The van der Waals surface area contributed by atoms with Crippen molar-refractivity contribution in [2.24, 2.45) is 0 Å². The van der Waals surface area contributed by atoms with Crippen molar-refractivity contribution in [2.45, 2.75) is 176 Å². The topological polar surface area (TPSA) is 13.1 Å². The van der Waals surface area contributed by atoms with Gasteiger partial charge in [0.05, 0.1) is 22.1 Å². The molecule has 1 aliphatic carbocycles. The lowest BCUT2D eigenvalue weighted by atomic mass is 9.43. The van der Waals surface area contributed by atoms with Crippen molar-refractivity contribution in [3.63, 3.8) is 0 Å². The molecule has 0 saturated heterocycles. The summed E-state index contributed by atoms with van der Waals surface area (Å²) in [6.07, 6.45) is 0. The monoisotopic (exact) mass is 986 g/mol. The molecule has 3 aliphatic rings. The predicted molar refractivity (Wildman–Crippen MR) is 327 cm³/mol. The van der Waals surface area contributed by atoms with E-state index in [1.54, 1.807) is 0 Å². The van der Waals surface area contributed by atoms with Gasteiger partial charge in [-0.1, -0.05) is 199 Å². The highest BCUT2D eigenvalue weighted by molar-refractivity contribution is 6.92. The molecule has 9 aromatic rings. The fourth-order valence-electron chi connectivity index (χ4n) is 13.2. The predicted octanol–water partition coefficient (Wildman–Crippen LogP) is 17.7. The van der Waals surface area contributed by atoms with E-state index in [1.165, 1.54) is 133 Å². The van der Waals surface area contributed by atoms with Crippen LogP contribution in [-0.4, -0.2) is 16.0 Å². The number of nitrogens with zero attached hydrogens (tertiary/aromatic N) is 3. The number of allylic oxidation sites excluding steroid dienone is 1. The molecule has 0 spiro atoms. The zero-order chi connectivity index (χ0) is 53.8. The zero-order valence-electron chi connectivity index (χ0n) is 49.0. The van der Waals surface area contributed by atoms with E-state index in [-0.39, 0.29) is 44.8 Å². The third kappa shape index (κ3) is 7.34. The minimum atomic E-state index is -0.293. The number of hydrogen-bond acceptors (Lipinski definition) is 1. The van der Waals surface area contributed by atoms with Crippen LogP contribution in [0.4, 0.5) is 5.69 Å². The lowest BCUT2D eigenvalue weighted by molar-refractivity contribution is 0.587. The lowest BCUT2D eigenvalue weighted by Gasteiger charge is -2.46. The van der Waals surface area contributed by atoms with Crippen LogP contribution in [0.1, 0.15) is 189 Å². The molecule has 75 heavy (non-hydrogen) atoms. The number of benzene rings is 7. The second kappa shape index (κ2) is 15.5. The molecule has 2 aromatic heterocycles. The van der Waals surface area contributed by atoms with Crippen LogP contribution in [0.25, 0.3) is 60.6 Å². The molecule has 3 nitrogen and oxygen atoms in total. The highest BCUT2D eigenvalue weighted by atomic mass is 15.1. The van der Waals surface area contributed by atoms with Gasteiger partial charge in [-0.2, -0.15) is 0 Å².